The van der Waals surface area contributed by atoms with Crippen molar-refractivity contribution >= 4 is 17.4 Å². The molecule has 1 unspecified atom stereocenters. The van der Waals surface area contributed by atoms with Crippen LogP contribution >= 0.6 is 11.6 Å². The van der Waals surface area contributed by atoms with Crippen LogP contribution in [0.2, 0.25) is 5.02 Å². The van der Waals surface area contributed by atoms with Crippen LogP contribution in [0.3, 0.4) is 0 Å². The van der Waals surface area contributed by atoms with E-state index in [-0.39, 0.29) is 11.9 Å². The highest BCUT2D eigenvalue weighted by atomic mass is 35.5. The summed E-state index contributed by atoms with van der Waals surface area (Å²) in [4.78, 5) is 4.08. The number of nitrogens with two attached hydrogens (primary N) is 1. The van der Waals surface area contributed by atoms with Crippen molar-refractivity contribution < 1.29 is 4.39 Å². The Hall–Kier alpha value is -1.65. The summed E-state index contributed by atoms with van der Waals surface area (Å²) in [7, 11) is 0. The van der Waals surface area contributed by atoms with Crippen LogP contribution in [-0.4, -0.2) is 11.5 Å². The van der Waals surface area contributed by atoms with Crippen LogP contribution in [-0.2, 0) is 0 Å². The van der Waals surface area contributed by atoms with Gasteiger partial charge in [0, 0.05) is 11.8 Å². The van der Waals surface area contributed by atoms with E-state index in [4.69, 9.17) is 17.3 Å². The summed E-state index contributed by atoms with van der Waals surface area (Å²) < 4.78 is 13.1. The van der Waals surface area contributed by atoms with Gasteiger partial charge in [-0.15, -0.1) is 0 Å². The van der Waals surface area contributed by atoms with Gasteiger partial charge in [-0.2, -0.15) is 0 Å². The molecule has 1 atom stereocenters. The first-order chi connectivity index (χ1) is 9.61. The summed E-state index contributed by atoms with van der Waals surface area (Å²) in [6.07, 6.45) is 2.49. The Morgan fingerprint density at radius 2 is 2.05 bits per heavy atom. The summed E-state index contributed by atoms with van der Waals surface area (Å²) in [5, 5.41) is 3.92. The zero-order valence-electron chi connectivity index (χ0n) is 11.2. The number of pyridine rings is 1. The van der Waals surface area contributed by atoms with Gasteiger partial charge in [-0.1, -0.05) is 30.7 Å². The summed E-state index contributed by atoms with van der Waals surface area (Å²) in [5.41, 5.74) is 7.68. The van der Waals surface area contributed by atoms with E-state index in [1.165, 1.54) is 18.3 Å². The van der Waals surface area contributed by atoms with Crippen molar-refractivity contribution in [3.05, 3.63) is 58.5 Å². The van der Waals surface area contributed by atoms with E-state index in [9.17, 15) is 4.39 Å². The second-order valence-corrected chi connectivity index (χ2v) is 5.00. The molecule has 0 aliphatic rings. The number of rotatable bonds is 5. The number of benzene rings is 1. The number of anilines is 1. The molecule has 20 heavy (non-hydrogen) atoms. The van der Waals surface area contributed by atoms with Gasteiger partial charge in [-0.05, 0) is 36.7 Å². The topological polar surface area (TPSA) is 50.9 Å². The molecule has 5 heteroatoms. The maximum absolute atomic E-state index is 13.1. The van der Waals surface area contributed by atoms with E-state index < -0.39 is 0 Å². The molecular weight excluding hydrogens is 277 g/mol. The van der Waals surface area contributed by atoms with Crippen molar-refractivity contribution in [2.45, 2.75) is 19.4 Å². The highest BCUT2D eigenvalue weighted by Crippen LogP contribution is 2.28. The zero-order valence-corrected chi connectivity index (χ0v) is 12.0. The number of hydrogen-bond acceptors (Lipinski definition) is 3. The molecule has 1 aromatic heterocycles. The Balaban J connectivity index is 2.41. The van der Waals surface area contributed by atoms with E-state index in [0.717, 1.165) is 24.1 Å². The van der Waals surface area contributed by atoms with Gasteiger partial charge < -0.3 is 11.1 Å². The Bertz CT molecular complexity index is 572. The van der Waals surface area contributed by atoms with Crippen LogP contribution in [0.4, 0.5) is 10.2 Å². The summed E-state index contributed by atoms with van der Waals surface area (Å²) in [6, 6.07) is 7.99. The summed E-state index contributed by atoms with van der Waals surface area (Å²) >= 11 is 6.00. The number of halogens is 2. The highest BCUT2D eigenvalue weighted by molar-refractivity contribution is 6.30. The number of nitrogens with zero attached hydrogens (tertiary/aromatic N) is 1. The van der Waals surface area contributed by atoms with E-state index in [1.54, 1.807) is 18.2 Å². The number of nitrogen functional groups attached to an aromatic ring is 1. The second kappa shape index (κ2) is 6.68. The van der Waals surface area contributed by atoms with Gasteiger partial charge in [0.25, 0.3) is 0 Å². The molecule has 0 radical (unpaired) electrons. The average Bonchev–Trinajstić information content (AvgIpc) is 2.44. The number of aromatic nitrogens is 1. The van der Waals surface area contributed by atoms with Crippen LogP contribution in [0.25, 0.3) is 0 Å². The first-order valence-corrected chi connectivity index (χ1v) is 6.89. The normalized spacial score (nSPS) is 12.3. The van der Waals surface area contributed by atoms with Gasteiger partial charge in [0.1, 0.15) is 11.6 Å². The fraction of sp³-hybridized carbons (Fsp3) is 0.267. The van der Waals surface area contributed by atoms with Crippen LogP contribution in [0.1, 0.15) is 30.5 Å². The number of hydrogen-bond donors (Lipinski definition) is 2. The third-order valence-corrected chi connectivity index (χ3v) is 3.24. The average molecular weight is 294 g/mol. The first kappa shape index (κ1) is 14.8. The van der Waals surface area contributed by atoms with E-state index in [0.29, 0.717) is 10.8 Å². The Kier molecular flexibility index (Phi) is 4.93. The lowest BCUT2D eigenvalue weighted by Crippen LogP contribution is -2.24. The quantitative estimate of drug-likeness (QED) is 0.886. The molecule has 0 aliphatic carbocycles. The zero-order chi connectivity index (χ0) is 14.5. The Labute approximate surface area is 123 Å². The smallest absolute Gasteiger partial charge is 0.128 e. The molecule has 0 amide bonds. The first-order valence-electron chi connectivity index (χ1n) is 6.51. The van der Waals surface area contributed by atoms with Gasteiger partial charge in [-0.25, -0.2) is 9.37 Å². The van der Waals surface area contributed by atoms with Crippen LogP contribution in [0, 0.1) is 5.82 Å². The molecule has 3 nitrogen and oxygen atoms in total. The standard InChI is InChI=1S/C15H17ClFN3/c1-2-7-19-14(10-3-5-12(17)6-4-10)13-8-11(16)9-20-15(13)18/h3-6,8-9,14,19H,2,7H2,1H3,(H2,18,20). The minimum Gasteiger partial charge on any atom is -0.383 e. The van der Waals surface area contributed by atoms with Crippen molar-refractivity contribution in [1.82, 2.24) is 10.3 Å². The van der Waals surface area contributed by atoms with Gasteiger partial charge in [-0.3, -0.25) is 0 Å². The fourth-order valence-electron chi connectivity index (χ4n) is 2.05. The summed E-state index contributed by atoms with van der Waals surface area (Å²) in [5.74, 6) is 0.160. The molecule has 0 saturated carbocycles. The Morgan fingerprint density at radius 1 is 1.35 bits per heavy atom. The molecule has 2 rings (SSSR count). The maximum Gasteiger partial charge on any atom is 0.128 e. The van der Waals surface area contributed by atoms with Gasteiger partial charge in [0.15, 0.2) is 0 Å². The van der Waals surface area contributed by atoms with Crippen LogP contribution in [0.15, 0.2) is 36.5 Å². The molecular formula is C15H17ClFN3. The van der Waals surface area contributed by atoms with E-state index in [2.05, 4.69) is 17.2 Å². The molecule has 0 saturated heterocycles. The van der Waals surface area contributed by atoms with Crippen molar-refractivity contribution in [3.8, 4) is 0 Å². The lowest BCUT2D eigenvalue weighted by Gasteiger charge is -2.21. The third kappa shape index (κ3) is 3.46. The largest absolute Gasteiger partial charge is 0.383 e. The van der Waals surface area contributed by atoms with Gasteiger partial charge >= 0.3 is 0 Å². The fourth-order valence-corrected chi connectivity index (χ4v) is 2.21. The van der Waals surface area contributed by atoms with Crippen molar-refractivity contribution in [2.24, 2.45) is 0 Å². The van der Waals surface area contributed by atoms with E-state index in [1.807, 2.05) is 0 Å². The predicted octanol–water partition coefficient (Wildman–Crippen LogP) is 3.55. The minimum atomic E-state index is -0.264. The lowest BCUT2D eigenvalue weighted by molar-refractivity contribution is 0.593. The van der Waals surface area contributed by atoms with Crippen LogP contribution in [0.5, 0.6) is 0 Å². The maximum atomic E-state index is 13.1. The number of nitrogens with one attached hydrogen (secondary N) is 1. The molecule has 0 bridgehead atoms. The third-order valence-electron chi connectivity index (χ3n) is 3.03. The van der Waals surface area contributed by atoms with Crippen molar-refractivity contribution in [3.63, 3.8) is 0 Å². The van der Waals surface area contributed by atoms with Crippen molar-refractivity contribution in [1.29, 1.82) is 0 Å². The van der Waals surface area contributed by atoms with Gasteiger partial charge in [0.2, 0.25) is 0 Å². The van der Waals surface area contributed by atoms with Crippen LogP contribution < -0.4 is 11.1 Å². The molecule has 0 aliphatic heterocycles. The Morgan fingerprint density at radius 3 is 2.70 bits per heavy atom. The molecule has 2 aromatic rings. The highest BCUT2D eigenvalue weighted by Gasteiger charge is 2.17. The summed E-state index contributed by atoms with van der Waals surface area (Å²) in [6.45, 7) is 2.89. The molecule has 0 spiro atoms. The molecule has 1 heterocycles. The van der Waals surface area contributed by atoms with Gasteiger partial charge in [0.05, 0.1) is 11.1 Å². The monoisotopic (exact) mass is 293 g/mol. The second-order valence-electron chi connectivity index (χ2n) is 4.57. The molecule has 1 aromatic carbocycles. The SMILES string of the molecule is CCCNC(c1ccc(F)cc1)c1cc(Cl)cnc1N. The molecule has 3 N–H and O–H groups in total. The molecule has 0 fully saturated rings. The molecule has 106 valence electrons. The van der Waals surface area contributed by atoms with E-state index >= 15 is 0 Å². The predicted molar refractivity (Wildman–Crippen MR) is 80.2 cm³/mol. The minimum absolute atomic E-state index is 0.151. The lowest BCUT2D eigenvalue weighted by atomic mass is 9.99. The van der Waals surface area contributed by atoms with Crippen molar-refractivity contribution in [2.75, 3.05) is 12.3 Å².